The van der Waals surface area contributed by atoms with E-state index in [9.17, 15) is 10.2 Å². The SMILES string of the molecule is OCC1CC2CNCC2CC1CO. The van der Waals surface area contributed by atoms with Gasteiger partial charge in [-0.05, 0) is 49.6 Å². The monoisotopic (exact) mass is 185 g/mol. The first-order valence-electron chi connectivity index (χ1n) is 5.27. The smallest absolute Gasteiger partial charge is 0.0462 e. The molecule has 2 fully saturated rings. The molecule has 3 N–H and O–H groups in total. The molecule has 4 unspecified atom stereocenters. The van der Waals surface area contributed by atoms with Crippen molar-refractivity contribution in [2.75, 3.05) is 26.3 Å². The maximum atomic E-state index is 9.18. The van der Waals surface area contributed by atoms with Gasteiger partial charge in [0.15, 0.2) is 0 Å². The number of nitrogens with one attached hydrogen (secondary N) is 1. The second-order valence-corrected chi connectivity index (χ2v) is 4.54. The van der Waals surface area contributed by atoms with Gasteiger partial charge in [-0.1, -0.05) is 0 Å². The van der Waals surface area contributed by atoms with Crippen molar-refractivity contribution in [1.29, 1.82) is 0 Å². The number of hydrogen-bond acceptors (Lipinski definition) is 3. The van der Waals surface area contributed by atoms with Crippen molar-refractivity contribution in [3.8, 4) is 0 Å². The van der Waals surface area contributed by atoms with Crippen molar-refractivity contribution in [2.45, 2.75) is 12.8 Å². The fourth-order valence-electron chi connectivity index (χ4n) is 2.95. The van der Waals surface area contributed by atoms with Crippen LogP contribution in [0, 0.1) is 23.7 Å². The summed E-state index contributed by atoms with van der Waals surface area (Å²) < 4.78 is 0. The molecule has 0 aromatic heterocycles. The molecule has 0 spiro atoms. The number of aliphatic hydroxyl groups excluding tert-OH is 2. The zero-order chi connectivity index (χ0) is 9.26. The van der Waals surface area contributed by atoms with Crippen LogP contribution < -0.4 is 5.32 Å². The summed E-state index contributed by atoms with van der Waals surface area (Å²) in [5.74, 6) is 2.18. The first-order chi connectivity index (χ1) is 6.35. The summed E-state index contributed by atoms with van der Waals surface area (Å²) >= 11 is 0. The third-order valence-corrected chi connectivity index (χ3v) is 3.83. The lowest BCUT2D eigenvalue weighted by atomic mass is 9.70. The second kappa shape index (κ2) is 3.95. The van der Waals surface area contributed by atoms with Gasteiger partial charge < -0.3 is 15.5 Å². The summed E-state index contributed by atoms with van der Waals surface area (Å²) in [6, 6.07) is 0. The minimum Gasteiger partial charge on any atom is -0.396 e. The topological polar surface area (TPSA) is 52.5 Å². The van der Waals surface area contributed by atoms with E-state index in [1.165, 1.54) is 0 Å². The highest BCUT2D eigenvalue weighted by Crippen LogP contribution is 2.39. The first-order valence-corrected chi connectivity index (χ1v) is 5.27. The molecule has 1 aliphatic heterocycles. The largest absolute Gasteiger partial charge is 0.396 e. The Morgan fingerprint density at radius 1 is 0.923 bits per heavy atom. The Hall–Kier alpha value is -0.120. The van der Waals surface area contributed by atoms with Crippen molar-refractivity contribution >= 4 is 0 Å². The quantitative estimate of drug-likeness (QED) is 0.560. The van der Waals surface area contributed by atoms with Crippen molar-refractivity contribution < 1.29 is 10.2 Å². The third kappa shape index (κ3) is 1.73. The minimum atomic E-state index is 0.244. The van der Waals surface area contributed by atoms with Crippen LogP contribution >= 0.6 is 0 Å². The van der Waals surface area contributed by atoms with Crippen LogP contribution in [0.15, 0.2) is 0 Å². The van der Waals surface area contributed by atoms with Gasteiger partial charge in [0.05, 0.1) is 0 Å². The molecular weight excluding hydrogens is 166 g/mol. The molecule has 13 heavy (non-hydrogen) atoms. The summed E-state index contributed by atoms with van der Waals surface area (Å²) in [4.78, 5) is 0. The van der Waals surface area contributed by atoms with E-state index in [4.69, 9.17) is 0 Å². The highest BCUT2D eigenvalue weighted by molar-refractivity contribution is 4.90. The van der Waals surface area contributed by atoms with Crippen molar-refractivity contribution in [3.63, 3.8) is 0 Å². The predicted molar refractivity (Wildman–Crippen MR) is 50.2 cm³/mol. The van der Waals surface area contributed by atoms with E-state index in [2.05, 4.69) is 5.32 Å². The van der Waals surface area contributed by atoms with Gasteiger partial charge in [0, 0.05) is 13.2 Å². The molecule has 3 heteroatoms. The molecule has 0 bridgehead atoms. The Balaban J connectivity index is 1.99. The molecule has 1 heterocycles. The van der Waals surface area contributed by atoms with Crippen molar-refractivity contribution in [1.82, 2.24) is 5.32 Å². The first kappa shape index (κ1) is 9.44. The van der Waals surface area contributed by atoms with Crippen LogP contribution in [0.3, 0.4) is 0 Å². The van der Waals surface area contributed by atoms with E-state index in [1.54, 1.807) is 0 Å². The molecule has 76 valence electrons. The standard InChI is InChI=1S/C10H19NO2/c12-5-9-1-7-3-11-4-8(7)2-10(9)6-13/h7-13H,1-6H2. The van der Waals surface area contributed by atoms with Crippen LogP contribution in [-0.2, 0) is 0 Å². The van der Waals surface area contributed by atoms with Crippen LogP contribution in [0.1, 0.15) is 12.8 Å². The van der Waals surface area contributed by atoms with Crippen LogP contribution in [0.5, 0.6) is 0 Å². The summed E-state index contributed by atoms with van der Waals surface area (Å²) in [6.45, 7) is 2.71. The number of fused-ring (bicyclic) bond motifs is 1. The average molecular weight is 185 g/mol. The Kier molecular flexibility index (Phi) is 2.86. The maximum absolute atomic E-state index is 9.18. The molecule has 2 aliphatic rings. The fourth-order valence-corrected chi connectivity index (χ4v) is 2.95. The Bertz CT molecular complexity index is 156. The summed E-state index contributed by atoms with van der Waals surface area (Å²) in [7, 11) is 0. The van der Waals surface area contributed by atoms with E-state index >= 15 is 0 Å². The molecule has 0 aromatic carbocycles. The van der Waals surface area contributed by atoms with E-state index in [0.29, 0.717) is 11.8 Å². The van der Waals surface area contributed by atoms with Crippen LogP contribution in [0.4, 0.5) is 0 Å². The van der Waals surface area contributed by atoms with Gasteiger partial charge >= 0.3 is 0 Å². The Morgan fingerprint density at radius 3 is 1.77 bits per heavy atom. The molecule has 0 aromatic rings. The van der Waals surface area contributed by atoms with Crippen molar-refractivity contribution in [2.24, 2.45) is 23.7 Å². The Morgan fingerprint density at radius 2 is 1.38 bits per heavy atom. The van der Waals surface area contributed by atoms with Gasteiger partial charge in [-0.25, -0.2) is 0 Å². The highest BCUT2D eigenvalue weighted by Gasteiger charge is 2.38. The molecular formula is C10H19NO2. The van der Waals surface area contributed by atoms with E-state index < -0.39 is 0 Å². The van der Waals surface area contributed by atoms with Gasteiger partial charge in [-0.3, -0.25) is 0 Å². The zero-order valence-corrected chi connectivity index (χ0v) is 7.95. The molecule has 3 nitrogen and oxygen atoms in total. The number of aliphatic hydroxyl groups is 2. The van der Waals surface area contributed by atoms with Crippen LogP contribution in [0.2, 0.25) is 0 Å². The molecule has 1 aliphatic carbocycles. The molecule has 1 saturated heterocycles. The number of hydrogen-bond donors (Lipinski definition) is 3. The third-order valence-electron chi connectivity index (χ3n) is 3.83. The van der Waals surface area contributed by atoms with E-state index in [1.807, 2.05) is 0 Å². The van der Waals surface area contributed by atoms with E-state index in [0.717, 1.165) is 37.8 Å². The molecule has 0 radical (unpaired) electrons. The minimum absolute atomic E-state index is 0.244. The Labute approximate surface area is 79.2 Å². The second-order valence-electron chi connectivity index (χ2n) is 4.54. The summed E-state index contributed by atoms with van der Waals surface area (Å²) in [5.41, 5.74) is 0. The number of rotatable bonds is 2. The van der Waals surface area contributed by atoms with Gasteiger partial charge in [0.2, 0.25) is 0 Å². The normalized spacial score (nSPS) is 44.8. The molecule has 2 rings (SSSR count). The van der Waals surface area contributed by atoms with Gasteiger partial charge in [0.1, 0.15) is 0 Å². The predicted octanol–water partition coefficient (Wildman–Crippen LogP) is -0.167. The summed E-state index contributed by atoms with van der Waals surface area (Å²) in [5, 5.41) is 21.8. The molecule has 1 saturated carbocycles. The van der Waals surface area contributed by atoms with E-state index in [-0.39, 0.29) is 13.2 Å². The maximum Gasteiger partial charge on any atom is 0.0462 e. The zero-order valence-electron chi connectivity index (χ0n) is 7.95. The van der Waals surface area contributed by atoms with Gasteiger partial charge in [0.25, 0.3) is 0 Å². The summed E-state index contributed by atoms with van der Waals surface area (Å²) in [6.07, 6.45) is 2.19. The van der Waals surface area contributed by atoms with Crippen molar-refractivity contribution in [3.05, 3.63) is 0 Å². The lowest BCUT2D eigenvalue weighted by Gasteiger charge is -2.36. The van der Waals surface area contributed by atoms with Gasteiger partial charge in [-0.15, -0.1) is 0 Å². The lowest BCUT2D eigenvalue weighted by Crippen LogP contribution is -2.34. The fraction of sp³-hybridized carbons (Fsp3) is 1.00. The lowest BCUT2D eigenvalue weighted by molar-refractivity contribution is 0.0486. The molecule has 4 atom stereocenters. The van der Waals surface area contributed by atoms with Gasteiger partial charge in [-0.2, -0.15) is 0 Å². The molecule has 0 amide bonds. The highest BCUT2D eigenvalue weighted by atomic mass is 16.3. The van der Waals surface area contributed by atoms with Crippen LogP contribution in [-0.4, -0.2) is 36.5 Å². The average Bonchev–Trinajstić information content (AvgIpc) is 2.62. The van der Waals surface area contributed by atoms with Crippen LogP contribution in [0.25, 0.3) is 0 Å².